The molecule has 0 bridgehead atoms. The van der Waals surface area contributed by atoms with E-state index in [9.17, 15) is 0 Å². The predicted octanol–water partition coefficient (Wildman–Crippen LogP) is 3.12. The second-order valence-electron chi connectivity index (χ2n) is 4.50. The predicted molar refractivity (Wildman–Crippen MR) is 70.4 cm³/mol. The van der Waals surface area contributed by atoms with Gasteiger partial charge in [-0.05, 0) is 24.0 Å². The van der Waals surface area contributed by atoms with Gasteiger partial charge in [-0.3, -0.25) is 0 Å². The minimum absolute atomic E-state index is 0.688. The Hall–Kier alpha value is -0.890. The van der Waals surface area contributed by atoms with Gasteiger partial charge < -0.3 is 4.90 Å². The highest BCUT2D eigenvalue weighted by Crippen LogP contribution is 2.12. The maximum atomic E-state index is 5.34. The lowest BCUT2D eigenvalue weighted by Crippen LogP contribution is -2.20. The van der Waals surface area contributed by atoms with Crippen LogP contribution in [-0.2, 0) is 6.42 Å². The molecule has 0 saturated heterocycles. The minimum Gasteiger partial charge on any atom is -0.368 e. The first-order valence-electron chi connectivity index (χ1n) is 5.31. The van der Waals surface area contributed by atoms with Gasteiger partial charge in [0.2, 0.25) is 0 Å². The third-order valence-corrected chi connectivity index (χ3v) is 2.82. The molecule has 0 aromatic heterocycles. The summed E-state index contributed by atoms with van der Waals surface area (Å²) in [5.74, 6) is 0.688. The van der Waals surface area contributed by atoms with Crippen molar-refractivity contribution in [1.29, 1.82) is 0 Å². The number of thiocarbonyl (C=S) groups is 1. The van der Waals surface area contributed by atoms with E-state index in [0.717, 1.165) is 17.0 Å². The SMILES string of the molecule is CC(C)Cc1cccc(C(=S)N(C)C)c1. The highest BCUT2D eigenvalue weighted by atomic mass is 32.1. The number of hydrogen-bond acceptors (Lipinski definition) is 1. The average Bonchev–Trinajstić information content (AvgIpc) is 2.16. The Morgan fingerprint density at radius 1 is 1.33 bits per heavy atom. The molecule has 1 aromatic rings. The smallest absolute Gasteiger partial charge is 0.108 e. The summed E-state index contributed by atoms with van der Waals surface area (Å²) in [6.07, 6.45) is 1.11. The van der Waals surface area contributed by atoms with Gasteiger partial charge in [-0.2, -0.15) is 0 Å². The van der Waals surface area contributed by atoms with Gasteiger partial charge in [0.1, 0.15) is 4.99 Å². The van der Waals surface area contributed by atoms with Crippen LogP contribution in [0.1, 0.15) is 25.0 Å². The van der Waals surface area contributed by atoms with Crippen molar-refractivity contribution in [2.45, 2.75) is 20.3 Å². The Morgan fingerprint density at radius 3 is 2.53 bits per heavy atom. The van der Waals surface area contributed by atoms with Gasteiger partial charge in [0.05, 0.1) is 0 Å². The molecule has 1 nitrogen and oxygen atoms in total. The zero-order valence-electron chi connectivity index (χ0n) is 9.95. The van der Waals surface area contributed by atoms with Crippen molar-refractivity contribution in [2.75, 3.05) is 14.1 Å². The quantitative estimate of drug-likeness (QED) is 0.721. The van der Waals surface area contributed by atoms with E-state index in [4.69, 9.17) is 12.2 Å². The summed E-state index contributed by atoms with van der Waals surface area (Å²) in [5, 5.41) is 0. The van der Waals surface area contributed by atoms with Crippen molar-refractivity contribution in [3.8, 4) is 0 Å². The molecular formula is C13H19NS. The molecule has 0 fully saturated rings. The Morgan fingerprint density at radius 2 is 2.00 bits per heavy atom. The second kappa shape index (κ2) is 5.26. The monoisotopic (exact) mass is 221 g/mol. The van der Waals surface area contributed by atoms with Gasteiger partial charge in [0.15, 0.2) is 0 Å². The highest BCUT2D eigenvalue weighted by Gasteiger charge is 2.04. The molecule has 1 aromatic carbocycles. The van der Waals surface area contributed by atoms with E-state index in [0.29, 0.717) is 5.92 Å². The van der Waals surface area contributed by atoms with E-state index >= 15 is 0 Å². The van der Waals surface area contributed by atoms with E-state index in [-0.39, 0.29) is 0 Å². The summed E-state index contributed by atoms with van der Waals surface area (Å²) < 4.78 is 0. The van der Waals surface area contributed by atoms with Crippen LogP contribution in [-0.4, -0.2) is 24.0 Å². The molecule has 0 unspecified atom stereocenters. The standard InChI is InChI=1S/C13H19NS/c1-10(2)8-11-6-5-7-12(9-11)13(15)14(3)4/h5-7,9-10H,8H2,1-4H3. The van der Waals surface area contributed by atoms with Crippen LogP contribution in [0.15, 0.2) is 24.3 Å². The van der Waals surface area contributed by atoms with Crippen LogP contribution in [0, 0.1) is 5.92 Å². The molecule has 0 heterocycles. The Kier molecular flexibility index (Phi) is 4.28. The van der Waals surface area contributed by atoms with Crippen molar-refractivity contribution in [3.63, 3.8) is 0 Å². The van der Waals surface area contributed by atoms with Gasteiger partial charge >= 0.3 is 0 Å². The maximum absolute atomic E-state index is 5.34. The molecule has 0 aliphatic heterocycles. The fraction of sp³-hybridized carbons (Fsp3) is 0.462. The Balaban J connectivity index is 2.87. The lowest BCUT2D eigenvalue weighted by Gasteiger charge is -2.15. The molecule has 0 saturated carbocycles. The van der Waals surface area contributed by atoms with Crippen molar-refractivity contribution < 1.29 is 0 Å². The fourth-order valence-corrected chi connectivity index (χ4v) is 1.69. The summed E-state index contributed by atoms with van der Waals surface area (Å²) in [5.41, 5.74) is 2.51. The first-order valence-corrected chi connectivity index (χ1v) is 5.72. The lowest BCUT2D eigenvalue weighted by molar-refractivity contribution is 0.635. The molecule has 0 aliphatic rings. The van der Waals surface area contributed by atoms with Gasteiger partial charge in [-0.1, -0.05) is 44.3 Å². The van der Waals surface area contributed by atoms with E-state index < -0.39 is 0 Å². The number of rotatable bonds is 3. The first-order chi connectivity index (χ1) is 7.00. The molecule has 0 N–H and O–H groups in total. The third-order valence-electron chi connectivity index (χ3n) is 2.22. The summed E-state index contributed by atoms with van der Waals surface area (Å²) in [7, 11) is 3.97. The van der Waals surface area contributed by atoms with Crippen molar-refractivity contribution in [2.24, 2.45) is 5.92 Å². The van der Waals surface area contributed by atoms with Crippen LogP contribution in [0.2, 0.25) is 0 Å². The molecule has 0 atom stereocenters. The number of hydrogen-bond donors (Lipinski definition) is 0. The molecule has 0 spiro atoms. The molecule has 0 amide bonds. The van der Waals surface area contributed by atoms with Crippen molar-refractivity contribution in [3.05, 3.63) is 35.4 Å². The topological polar surface area (TPSA) is 3.24 Å². The summed E-state index contributed by atoms with van der Waals surface area (Å²) in [6, 6.07) is 8.53. The van der Waals surface area contributed by atoms with Crippen LogP contribution >= 0.6 is 12.2 Å². The lowest BCUT2D eigenvalue weighted by atomic mass is 10.0. The summed E-state index contributed by atoms with van der Waals surface area (Å²) in [4.78, 5) is 2.88. The van der Waals surface area contributed by atoms with Crippen LogP contribution < -0.4 is 0 Å². The van der Waals surface area contributed by atoms with Crippen molar-refractivity contribution >= 4 is 17.2 Å². The normalized spacial score (nSPS) is 10.5. The largest absolute Gasteiger partial charge is 0.368 e. The average molecular weight is 221 g/mol. The van der Waals surface area contributed by atoms with Crippen LogP contribution in [0.3, 0.4) is 0 Å². The highest BCUT2D eigenvalue weighted by molar-refractivity contribution is 7.80. The first kappa shape index (κ1) is 12.2. The number of nitrogens with zero attached hydrogens (tertiary/aromatic N) is 1. The number of benzene rings is 1. The molecule has 0 radical (unpaired) electrons. The zero-order chi connectivity index (χ0) is 11.4. The van der Waals surface area contributed by atoms with Crippen LogP contribution in [0.5, 0.6) is 0 Å². The Bertz CT molecular complexity index is 342. The molecule has 2 heteroatoms. The van der Waals surface area contributed by atoms with Gasteiger partial charge in [0, 0.05) is 19.7 Å². The van der Waals surface area contributed by atoms with Gasteiger partial charge in [-0.25, -0.2) is 0 Å². The third kappa shape index (κ3) is 3.63. The molecular weight excluding hydrogens is 202 g/mol. The van der Waals surface area contributed by atoms with Gasteiger partial charge in [0.25, 0.3) is 0 Å². The second-order valence-corrected chi connectivity index (χ2v) is 4.88. The Labute approximate surface area is 98.1 Å². The maximum Gasteiger partial charge on any atom is 0.108 e. The van der Waals surface area contributed by atoms with E-state index in [1.165, 1.54) is 5.56 Å². The van der Waals surface area contributed by atoms with Gasteiger partial charge in [-0.15, -0.1) is 0 Å². The molecule has 0 aliphatic carbocycles. The fourth-order valence-electron chi connectivity index (χ4n) is 1.56. The molecule has 15 heavy (non-hydrogen) atoms. The van der Waals surface area contributed by atoms with Crippen molar-refractivity contribution in [1.82, 2.24) is 4.90 Å². The van der Waals surface area contributed by atoms with Crippen LogP contribution in [0.4, 0.5) is 0 Å². The summed E-state index contributed by atoms with van der Waals surface area (Å²) in [6.45, 7) is 4.47. The van der Waals surface area contributed by atoms with E-state index in [2.05, 4.69) is 38.1 Å². The zero-order valence-corrected chi connectivity index (χ0v) is 10.8. The van der Waals surface area contributed by atoms with Crippen LogP contribution in [0.25, 0.3) is 0 Å². The summed E-state index contributed by atoms with van der Waals surface area (Å²) >= 11 is 5.34. The minimum atomic E-state index is 0.688. The molecule has 1 rings (SSSR count). The van der Waals surface area contributed by atoms with E-state index in [1.54, 1.807) is 0 Å². The molecule has 82 valence electrons. The van der Waals surface area contributed by atoms with E-state index in [1.807, 2.05) is 19.0 Å².